The second kappa shape index (κ2) is 6.93. The van der Waals surface area contributed by atoms with Gasteiger partial charge in [0, 0.05) is 37.3 Å². The Bertz CT molecular complexity index is 914. The van der Waals surface area contributed by atoms with Crippen molar-refractivity contribution in [1.29, 1.82) is 0 Å². The molecule has 4 aliphatic rings. The minimum Gasteiger partial charge on any atom is -0.493 e. The largest absolute Gasteiger partial charge is 0.493 e. The van der Waals surface area contributed by atoms with Crippen molar-refractivity contribution >= 4 is 11.8 Å². The summed E-state index contributed by atoms with van der Waals surface area (Å²) in [5.41, 5.74) is 2.67. The van der Waals surface area contributed by atoms with Crippen LogP contribution in [0.1, 0.15) is 34.5 Å². The van der Waals surface area contributed by atoms with Gasteiger partial charge >= 0.3 is 0 Å². The number of hydrogen-bond acceptors (Lipinski definition) is 4. The van der Waals surface area contributed by atoms with E-state index in [1.54, 1.807) is 6.20 Å². The second-order valence-electron chi connectivity index (χ2n) is 7.85. The third-order valence-corrected chi connectivity index (χ3v) is 6.08. The number of hydrogen-bond donors (Lipinski definition) is 0. The molecule has 0 saturated carbocycles. The number of piperidine rings is 1. The van der Waals surface area contributed by atoms with Crippen molar-refractivity contribution in [3.63, 3.8) is 0 Å². The van der Waals surface area contributed by atoms with E-state index in [-0.39, 0.29) is 23.8 Å². The lowest BCUT2D eigenvalue weighted by Crippen LogP contribution is -2.47. The van der Waals surface area contributed by atoms with Crippen molar-refractivity contribution in [1.82, 2.24) is 14.8 Å². The van der Waals surface area contributed by atoms with Crippen molar-refractivity contribution in [3.05, 3.63) is 59.4 Å². The molecule has 0 unspecified atom stereocenters. The van der Waals surface area contributed by atoms with Gasteiger partial charge in [0.25, 0.3) is 5.91 Å². The molecule has 2 aromatic rings. The Hall–Kier alpha value is -2.89. The number of carbonyl (C=O) groups excluding carboxylic acids is 2. The van der Waals surface area contributed by atoms with E-state index in [0.29, 0.717) is 31.8 Å². The molecule has 28 heavy (non-hydrogen) atoms. The maximum absolute atomic E-state index is 13.2. The Morgan fingerprint density at radius 1 is 1.18 bits per heavy atom. The van der Waals surface area contributed by atoms with E-state index in [4.69, 9.17) is 4.74 Å². The molecule has 2 amide bonds. The molecule has 4 aliphatic heterocycles. The van der Waals surface area contributed by atoms with Crippen LogP contribution in [0, 0.1) is 5.92 Å². The first-order valence-corrected chi connectivity index (χ1v) is 9.94. The lowest BCUT2D eigenvalue weighted by atomic mass is 9.94. The van der Waals surface area contributed by atoms with E-state index in [9.17, 15) is 9.59 Å². The number of benzene rings is 1. The molecule has 6 rings (SSSR count). The van der Waals surface area contributed by atoms with Crippen LogP contribution < -0.4 is 4.74 Å². The highest BCUT2D eigenvalue weighted by Crippen LogP contribution is 2.32. The van der Waals surface area contributed by atoms with Gasteiger partial charge in [0.1, 0.15) is 5.75 Å². The normalized spacial score (nSPS) is 23.4. The number of amides is 2. The fourth-order valence-electron chi connectivity index (χ4n) is 4.58. The molecule has 5 heterocycles. The standard InChI is InChI=1S/C22H23N3O3/c26-21(16-5-7-20-15(11-16)8-10-28-20)24-12-17-4-6-19(14-24)25(22(17)27)13-18-3-1-2-9-23-18/h1-3,5,7,9,11,17,19H,4,6,8,10,12-14H2/t17-,19+/m0/s1. The zero-order chi connectivity index (χ0) is 19.1. The molecule has 144 valence electrons. The lowest BCUT2D eigenvalue weighted by molar-refractivity contribution is -0.140. The highest BCUT2D eigenvalue weighted by Gasteiger charge is 2.42. The Balaban J connectivity index is 1.37. The van der Waals surface area contributed by atoms with Crippen LogP contribution in [0.25, 0.3) is 0 Å². The molecule has 1 aromatic heterocycles. The molecule has 0 N–H and O–H groups in total. The third-order valence-electron chi connectivity index (χ3n) is 6.08. The van der Waals surface area contributed by atoms with Gasteiger partial charge in [0.2, 0.25) is 5.91 Å². The highest BCUT2D eigenvalue weighted by atomic mass is 16.5. The van der Waals surface area contributed by atoms with Crippen molar-refractivity contribution in [2.75, 3.05) is 19.7 Å². The van der Waals surface area contributed by atoms with E-state index in [1.165, 1.54) is 0 Å². The van der Waals surface area contributed by atoms with Crippen molar-refractivity contribution in [2.45, 2.75) is 31.8 Å². The first-order chi connectivity index (χ1) is 13.7. The van der Waals surface area contributed by atoms with Gasteiger partial charge in [0.15, 0.2) is 0 Å². The molecule has 6 heteroatoms. The predicted octanol–water partition coefficient (Wildman–Crippen LogP) is 2.28. The number of ether oxygens (including phenoxy) is 1. The zero-order valence-corrected chi connectivity index (χ0v) is 15.7. The Labute approximate surface area is 164 Å². The molecule has 3 saturated heterocycles. The van der Waals surface area contributed by atoms with Crippen LogP contribution in [0.2, 0.25) is 0 Å². The van der Waals surface area contributed by atoms with Gasteiger partial charge in [0.05, 0.1) is 24.8 Å². The van der Waals surface area contributed by atoms with Crippen LogP contribution >= 0.6 is 0 Å². The van der Waals surface area contributed by atoms with Gasteiger partial charge in [-0.25, -0.2) is 0 Å². The summed E-state index contributed by atoms with van der Waals surface area (Å²) in [6, 6.07) is 11.5. The SMILES string of the molecule is O=C(c1ccc2c(c1)CCO2)N1C[C@@H]2CC[C@H](C1)N(Cc1ccccn1)C2=O. The Morgan fingerprint density at radius 3 is 2.96 bits per heavy atom. The van der Waals surface area contributed by atoms with Crippen LogP contribution in [0.15, 0.2) is 42.6 Å². The molecular formula is C22H23N3O3. The molecular weight excluding hydrogens is 354 g/mol. The van der Waals surface area contributed by atoms with Crippen LogP contribution in [0.3, 0.4) is 0 Å². The van der Waals surface area contributed by atoms with Gasteiger partial charge in [-0.05, 0) is 48.7 Å². The van der Waals surface area contributed by atoms with Crippen molar-refractivity contribution < 1.29 is 14.3 Å². The van der Waals surface area contributed by atoms with Gasteiger partial charge in [-0.2, -0.15) is 0 Å². The van der Waals surface area contributed by atoms with E-state index in [1.807, 2.05) is 46.2 Å². The minimum atomic E-state index is -0.121. The monoisotopic (exact) mass is 377 g/mol. The smallest absolute Gasteiger partial charge is 0.253 e. The maximum atomic E-state index is 13.2. The number of nitrogens with zero attached hydrogens (tertiary/aromatic N) is 3. The summed E-state index contributed by atoms with van der Waals surface area (Å²) in [4.78, 5) is 34.4. The lowest BCUT2D eigenvalue weighted by Gasteiger charge is -2.35. The molecule has 0 aliphatic carbocycles. The van der Waals surface area contributed by atoms with Gasteiger partial charge in [-0.1, -0.05) is 6.07 Å². The average molecular weight is 377 g/mol. The number of rotatable bonds is 3. The molecule has 0 radical (unpaired) electrons. The van der Waals surface area contributed by atoms with Crippen molar-refractivity contribution in [2.24, 2.45) is 5.92 Å². The molecule has 2 atom stereocenters. The summed E-state index contributed by atoms with van der Waals surface area (Å²) in [6.45, 7) is 2.28. The molecule has 2 bridgehead atoms. The van der Waals surface area contributed by atoms with Crippen LogP contribution in [-0.2, 0) is 17.8 Å². The molecule has 0 spiro atoms. The van der Waals surface area contributed by atoms with E-state index >= 15 is 0 Å². The van der Waals surface area contributed by atoms with Gasteiger partial charge in [-0.3, -0.25) is 14.6 Å². The van der Waals surface area contributed by atoms with Crippen LogP contribution in [0.4, 0.5) is 0 Å². The number of fused-ring (bicyclic) bond motifs is 5. The number of pyridine rings is 1. The summed E-state index contributed by atoms with van der Waals surface area (Å²) in [5, 5.41) is 0. The first-order valence-electron chi connectivity index (χ1n) is 9.94. The van der Waals surface area contributed by atoms with Gasteiger partial charge < -0.3 is 14.5 Å². The van der Waals surface area contributed by atoms with Crippen LogP contribution in [-0.4, -0.2) is 52.3 Å². The Morgan fingerprint density at radius 2 is 2.11 bits per heavy atom. The fourth-order valence-corrected chi connectivity index (χ4v) is 4.58. The molecule has 1 aromatic carbocycles. The molecule has 6 nitrogen and oxygen atoms in total. The van der Waals surface area contributed by atoms with Gasteiger partial charge in [-0.15, -0.1) is 0 Å². The highest BCUT2D eigenvalue weighted by molar-refractivity contribution is 5.95. The second-order valence-corrected chi connectivity index (χ2v) is 7.85. The third kappa shape index (κ3) is 3.03. The maximum Gasteiger partial charge on any atom is 0.253 e. The predicted molar refractivity (Wildman–Crippen MR) is 103 cm³/mol. The number of aromatic nitrogens is 1. The summed E-state index contributed by atoms with van der Waals surface area (Å²) >= 11 is 0. The zero-order valence-electron chi connectivity index (χ0n) is 15.7. The summed E-state index contributed by atoms with van der Waals surface area (Å²) < 4.78 is 5.55. The van der Waals surface area contributed by atoms with E-state index < -0.39 is 0 Å². The fraction of sp³-hybridized carbons (Fsp3) is 0.409. The summed E-state index contributed by atoms with van der Waals surface area (Å²) in [5.74, 6) is 0.923. The Kier molecular flexibility index (Phi) is 4.26. The quantitative estimate of drug-likeness (QED) is 0.823. The summed E-state index contributed by atoms with van der Waals surface area (Å²) in [6.07, 6.45) is 4.39. The van der Waals surface area contributed by atoms with E-state index in [0.717, 1.165) is 36.3 Å². The van der Waals surface area contributed by atoms with Crippen molar-refractivity contribution in [3.8, 4) is 5.75 Å². The molecule has 3 fully saturated rings. The number of carbonyl (C=O) groups is 2. The summed E-state index contributed by atoms with van der Waals surface area (Å²) in [7, 11) is 0. The minimum absolute atomic E-state index is 0.0130. The average Bonchev–Trinajstić information content (AvgIpc) is 3.03. The topological polar surface area (TPSA) is 62.7 Å². The van der Waals surface area contributed by atoms with E-state index in [2.05, 4.69) is 4.98 Å². The first kappa shape index (κ1) is 17.2. The van der Waals surface area contributed by atoms with Crippen LogP contribution in [0.5, 0.6) is 5.75 Å².